The summed E-state index contributed by atoms with van der Waals surface area (Å²) in [5.74, 6) is 0.234. The van der Waals surface area contributed by atoms with Gasteiger partial charge in [-0.2, -0.15) is 0 Å². The van der Waals surface area contributed by atoms with Crippen LogP contribution in [0.2, 0.25) is 0 Å². The third-order valence-corrected chi connectivity index (χ3v) is 2.87. The molecule has 3 heteroatoms. The van der Waals surface area contributed by atoms with Crippen molar-refractivity contribution in [2.24, 2.45) is 0 Å². The monoisotopic (exact) mass is 183 g/mol. The first-order valence-corrected chi connectivity index (χ1v) is 5.28. The Bertz CT molecular complexity index is 181. The molecule has 1 atom stereocenters. The summed E-state index contributed by atoms with van der Waals surface area (Å²) in [6.45, 7) is 2.65. The summed E-state index contributed by atoms with van der Waals surface area (Å²) in [7, 11) is 0. The van der Waals surface area contributed by atoms with Crippen molar-refractivity contribution < 1.29 is 9.53 Å². The Kier molecular flexibility index (Phi) is 2.83. The van der Waals surface area contributed by atoms with E-state index < -0.39 is 0 Å². The van der Waals surface area contributed by atoms with E-state index in [-0.39, 0.29) is 12.0 Å². The minimum absolute atomic E-state index is 0.119. The Morgan fingerprint density at radius 2 is 1.92 bits per heavy atom. The predicted octanol–water partition coefficient (Wildman–Crippen LogP) is 1.18. The van der Waals surface area contributed by atoms with Crippen LogP contribution in [0.3, 0.4) is 0 Å². The van der Waals surface area contributed by atoms with Crippen LogP contribution in [0.4, 0.5) is 0 Å². The zero-order chi connectivity index (χ0) is 9.10. The lowest BCUT2D eigenvalue weighted by atomic mass is 10.1. The molecule has 0 radical (unpaired) electrons. The first-order chi connectivity index (χ1) is 6.38. The molecule has 13 heavy (non-hydrogen) atoms. The third-order valence-electron chi connectivity index (χ3n) is 2.87. The van der Waals surface area contributed by atoms with E-state index in [1.54, 1.807) is 0 Å². The van der Waals surface area contributed by atoms with E-state index in [1.807, 2.05) is 4.90 Å². The Morgan fingerprint density at radius 3 is 2.54 bits per heavy atom. The Morgan fingerprint density at radius 1 is 1.15 bits per heavy atom. The standard InChI is InChI=1S/C10H17NO2/c12-10(11-6-2-3-7-11)9-5-1-4-8-13-9/h9H,1-8H2/t9-/m0/s1. The highest BCUT2D eigenvalue weighted by molar-refractivity contribution is 5.81. The number of likely N-dealkylation sites (tertiary alicyclic amines) is 1. The molecule has 2 saturated heterocycles. The van der Waals surface area contributed by atoms with Crippen LogP contribution in [0.15, 0.2) is 0 Å². The molecule has 2 aliphatic rings. The Balaban J connectivity index is 1.87. The summed E-state index contributed by atoms with van der Waals surface area (Å²) in [6.07, 6.45) is 5.40. The quantitative estimate of drug-likeness (QED) is 0.611. The molecular weight excluding hydrogens is 166 g/mol. The molecule has 0 saturated carbocycles. The maximum absolute atomic E-state index is 11.8. The first-order valence-electron chi connectivity index (χ1n) is 5.28. The van der Waals surface area contributed by atoms with Crippen LogP contribution in [0.25, 0.3) is 0 Å². The topological polar surface area (TPSA) is 29.5 Å². The third kappa shape index (κ3) is 2.02. The summed E-state index contributed by atoms with van der Waals surface area (Å²) in [5.41, 5.74) is 0. The second kappa shape index (κ2) is 4.09. The SMILES string of the molecule is O=C([C@@H]1CCCCO1)N1CCCC1. The second-order valence-corrected chi connectivity index (χ2v) is 3.89. The number of rotatable bonds is 1. The zero-order valence-corrected chi connectivity index (χ0v) is 8.00. The number of carbonyl (C=O) groups is 1. The molecular formula is C10H17NO2. The van der Waals surface area contributed by atoms with Gasteiger partial charge in [0, 0.05) is 19.7 Å². The Labute approximate surface area is 79.0 Å². The molecule has 2 aliphatic heterocycles. The average molecular weight is 183 g/mol. The Hall–Kier alpha value is -0.570. The summed E-state index contributed by atoms with van der Waals surface area (Å²) < 4.78 is 5.46. The van der Waals surface area contributed by atoms with Gasteiger partial charge >= 0.3 is 0 Å². The lowest BCUT2D eigenvalue weighted by molar-refractivity contribution is -0.145. The van der Waals surface area contributed by atoms with Crippen LogP contribution in [-0.4, -0.2) is 36.6 Å². The fraction of sp³-hybridized carbons (Fsp3) is 0.900. The maximum Gasteiger partial charge on any atom is 0.251 e. The van der Waals surface area contributed by atoms with E-state index in [4.69, 9.17) is 4.74 Å². The second-order valence-electron chi connectivity index (χ2n) is 3.89. The van der Waals surface area contributed by atoms with Crippen LogP contribution >= 0.6 is 0 Å². The van der Waals surface area contributed by atoms with Crippen molar-refractivity contribution in [1.29, 1.82) is 0 Å². The molecule has 0 aromatic heterocycles. The maximum atomic E-state index is 11.8. The number of carbonyl (C=O) groups excluding carboxylic acids is 1. The number of ether oxygens (including phenoxy) is 1. The molecule has 2 heterocycles. The number of hydrogen-bond acceptors (Lipinski definition) is 2. The van der Waals surface area contributed by atoms with Gasteiger partial charge in [0.2, 0.25) is 0 Å². The lowest BCUT2D eigenvalue weighted by Crippen LogP contribution is -2.40. The van der Waals surface area contributed by atoms with Crippen LogP contribution in [0, 0.1) is 0 Å². The van der Waals surface area contributed by atoms with E-state index in [9.17, 15) is 4.79 Å². The van der Waals surface area contributed by atoms with E-state index in [2.05, 4.69) is 0 Å². The van der Waals surface area contributed by atoms with Gasteiger partial charge in [0.15, 0.2) is 0 Å². The van der Waals surface area contributed by atoms with Gasteiger partial charge in [0.1, 0.15) is 6.10 Å². The fourth-order valence-electron chi connectivity index (χ4n) is 2.08. The van der Waals surface area contributed by atoms with Crippen molar-refractivity contribution in [3.05, 3.63) is 0 Å². The molecule has 0 bridgehead atoms. The summed E-state index contributed by atoms with van der Waals surface area (Å²) in [5, 5.41) is 0. The van der Waals surface area contributed by atoms with E-state index >= 15 is 0 Å². The molecule has 2 rings (SSSR count). The van der Waals surface area contributed by atoms with Crippen molar-refractivity contribution >= 4 is 5.91 Å². The summed E-state index contributed by atoms with van der Waals surface area (Å²) in [4.78, 5) is 13.8. The normalized spacial score (nSPS) is 29.2. The van der Waals surface area contributed by atoms with Gasteiger partial charge in [0.25, 0.3) is 5.91 Å². The van der Waals surface area contributed by atoms with Crippen LogP contribution in [0.5, 0.6) is 0 Å². The molecule has 74 valence electrons. The molecule has 0 spiro atoms. The van der Waals surface area contributed by atoms with Crippen molar-refractivity contribution in [2.45, 2.75) is 38.2 Å². The highest BCUT2D eigenvalue weighted by Gasteiger charge is 2.28. The predicted molar refractivity (Wildman–Crippen MR) is 49.4 cm³/mol. The summed E-state index contributed by atoms with van der Waals surface area (Å²) in [6, 6.07) is 0. The average Bonchev–Trinajstić information content (AvgIpc) is 2.71. The molecule has 3 nitrogen and oxygen atoms in total. The molecule has 0 N–H and O–H groups in total. The fourth-order valence-corrected chi connectivity index (χ4v) is 2.08. The van der Waals surface area contributed by atoms with Gasteiger partial charge in [-0.1, -0.05) is 0 Å². The van der Waals surface area contributed by atoms with Crippen LogP contribution in [-0.2, 0) is 9.53 Å². The van der Waals surface area contributed by atoms with E-state index in [0.29, 0.717) is 0 Å². The lowest BCUT2D eigenvalue weighted by Gasteiger charge is -2.26. The smallest absolute Gasteiger partial charge is 0.251 e. The summed E-state index contributed by atoms with van der Waals surface area (Å²) >= 11 is 0. The molecule has 2 fully saturated rings. The minimum Gasteiger partial charge on any atom is -0.368 e. The van der Waals surface area contributed by atoms with Crippen molar-refractivity contribution in [3.8, 4) is 0 Å². The first kappa shape index (κ1) is 9.00. The zero-order valence-electron chi connectivity index (χ0n) is 8.00. The van der Waals surface area contributed by atoms with E-state index in [0.717, 1.165) is 39.0 Å². The van der Waals surface area contributed by atoms with Gasteiger partial charge in [-0.3, -0.25) is 4.79 Å². The largest absolute Gasteiger partial charge is 0.368 e. The minimum atomic E-state index is -0.119. The van der Waals surface area contributed by atoms with Gasteiger partial charge in [-0.05, 0) is 32.1 Å². The highest BCUT2D eigenvalue weighted by atomic mass is 16.5. The molecule has 0 aliphatic carbocycles. The van der Waals surface area contributed by atoms with Crippen molar-refractivity contribution in [3.63, 3.8) is 0 Å². The molecule has 0 aromatic carbocycles. The van der Waals surface area contributed by atoms with Gasteiger partial charge in [-0.25, -0.2) is 0 Å². The van der Waals surface area contributed by atoms with Crippen molar-refractivity contribution in [1.82, 2.24) is 4.90 Å². The van der Waals surface area contributed by atoms with Gasteiger partial charge < -0.3 is 9.64 Å². The highest BCUT2D eigenvalue weighted by Crippen LogP contribution is 2.17. The van der Waals surface area contributed by atoms with Crippen LogP contribution in [0.1, 0.15) is 32.1 Å². The van der Waals surface area contributed by atoms with Crippen molar-refractivity contribution in [2.75, 3.05) is 19.7 Å². The van der Waals surface area contributed by atoms with Crippen LogP contribution < -0.4 is 0 Å². The number of nitrogens with zero attached hydrogens (tertiary/aromatic N) is 1. The molecule has 0 aromatic rings. The van der Waals surface area contributed by atoms with E-state index in [1.165, 1.54) is 12.8 Å². The number of hydrogen-bond donors (Lipinski definition) is 0. The molecule has 1 amide bonds. The van der Waals surface area contributed by atoms with Gasteiger partial charge in [-0.15, -0.1) is 0 Å². The molecule has 0 unspecified atom stereocenters. The number of amides is 1. The van der Waals surface area contributed by atoms with Gasteiger partial charge in [0.05, 0.1) is 0 Å².